The van der Waals surface area contributed by atoms with E-state index in [-0.39, 0.29) is 6.03 Å². The smallest absolute Gasteiger partial charge is 0.320 e. The second-order valence-electron chi connectivity index (χ2n) is 3.89. The molecule has 0 radical (unpaired) electrons. The molecule has 0 aromatic carbocycles. The van der Waals surface area contributed by atoms with E-state index in [1.54, 1.807) is 24.5 Å². The number of aryl methyl sites for hydroxylation is 1. The van der Waals surface area contributed by atoms with Crippen LogP contribution in [0.2, 0.25) is 0 Å². The van der Waals surface area contributed by atoms with E-state index >= 15 is 0 Å². The fraction of sp³-hybridized carbons (Fsp3) is 0.154. The summed E-state index contributed by atoms with van der Waals surface area (Å²) in [4.78, 5) is 19.5. The van der Waals surface area contributed by atoms with Gasteiger partial charge in [-0.2, -0.15) is 0 Å². The summed E-state index contributed by atoms with van der Waals surface area (Å²) in [5, 5.41) is 5.04. The minimum Gasteiger partial charge on any atom is -0.454 e. The highest BCUT2D eigenvalue weighted by Crippen LogP contribution is 2.31. The van der Waals surface area contributed by atoms with Gasteiger partial charge in [-0.1, -0.05) is 0 Å². The molecule has 2 aromatic heterocycles. The largest absolute Gasteiger partial charge is 0.454 e. The number of aromatic nitrogens is 2. The van der Waals surface area contributed by atoms with E-state index in [0.29, 0.717) is 21.8 Å². The van der Waals surface area contributed by atoms with Crippen LogP contribution in [0, 0.1) is 6.92 Å². The Morgan fingerprint density at radius 3 is 2.85 bits per heavy atom. The average Bonchev–Trinajstić information content (AvgIpc) is 2.44. The number of hydrogen-bond donors (Lipinski definition) is 2. The SMILES string of the molecule is CNC(=O)Nc1cc(Oc2cccnc2C)c(Br)cn1. The molecule has 0 saturated heterocycles. The summed E-state index contributed by atoms with van der Waals surface area (Å²) in [6.07, 6.45) is 3.26. The summed E-state index contributed by atoms with van der Waals surface area (Å²) in [5.74, 6) is 1.58. The Hall–Kier alpha value is -2.15. The van der Waals surface area contributed by atoms with Crippen molar-refractivity contribution in [2.45, 2.75) is 6.92 Å². The highest BCUT2D eigenvalue weighted by molar-refractivity contribution is 9.10. The number of carbonyl (C=O) groups is 1. The summed E-state index contributed by atoms with van der Waals surface area (Å²) in [5.41, 5.74) is 0.775. The lowest BCUT2D eigenvalue weighted by Gasteiger charge is -2.11. The van der Waals surface area contributed by atoms with E-state index < -0.39 is 0 Å². The van der Waals surface area contributed by atoms with E-state index in [1.165, 1.54) is 7.05 Å². The van der Waals surface area contributed by atoms with Crippen LogP contribution in [-0.4, -0.2) is 23.0 Å². The van der Waals surface area contributed by atoms with Crippen molar-refractivity contribution in [3.8, 4) is 11.5 Å². The van der Waals surface area contributed by atoms with Crippen LogP contribution in [0.25, 0.3) is 0 Å². The monoisotopic (exact) mass is 336 g/mol. The number of rotatable bonds is 3. The Labute approximate surface area is 124 Å². The van der Waals surface area contributed by atoms with Crippen molar-refractivity contribution in [1.29, 1.82) is 0 Å². The van der Waals surface area contributed by atoms with Crippen molar-refractivity contribution in [3.05, 3.63) is 40.8 Å². The van der Waals surface area contributed by atoms with E-state index in [4.69, 9.17) is 4.74 Å². The number of urea groups is 1. The Bertz CT molecular complexity index is 634. The van der Waals surface area contributed by atoms with Crippen molar-refractivity contribution in [1.82, 2.24) is 15.3 Å². The summed E-state index contributed by atoms with van der Waals surface area (Å²) in [6.45, 7) is 1.86. The summed E-state index contributed by atoms with van der Waals surface area (Å²) >= 11 is 3.36. The van der Waals surface area contributed by atoms with Crippen molar-refractivity contribution in [2.75, 3.05) is 12.4 Å². The van der Waals surface area contributed by atoms with Gasteiger partial charge in [-0.05, 0) is 35.0 Å². The number of halogens is 1. The van der Waals surface area contributed by atoms with Gasteiger partial charge in [0.05, 0.1) is 10.2 Å². The number of carbonyl (C=O) groups excluding carboxylic acids is 1. The van der Waals surface area contributed by atoms with Crippen LogP contribution >= 0.6 is 15.9 Å². The summed E-state index contributed by atoms with van der Waals surface area (Å²) < 4.78 is 6.46. The molecule has 0 spiro atoms. The van der Waals surface area contributed by atoms with Crippen LogP contribution in [-0.2, 0) is 0 Å². The van der Waals surface area contributed by atoms with Crippen molar-refractivity contribution < 1.29 is 9.53 Å². The molecule has 2 heterocycles. The zero-order valence-electron chi connectivity index (χ0n) is 11.0. The Kier molecular flexibility index (Phi) is 4.52. The van der Waals surface area contributed by atoms with Crippen LogP contribution in [0.1, 0.15) is 5.69 Å². The second-order valence-corrected chi connectivity index (χ2v) is 4.75. The van der Waals surface area contributed by atoms with Gasteiger partial charge in [-0.25, -0.2) is 9.78 Å². The lowest BCUT2D eigenvalue weighted by molar-refractivity contribution is 0.254. The molecule has 0 aliphatic rings. The molecule has 0 bridgehead atoms. The minimum absolute atomic E-state index is 0.344. The molecule has 0 fully saturated rings. The second kappa shape index (κ2) is 6.33. The van der Waals surface area contributed by atoms with Crippen LogP contribution in [0.5, 0.6) is 11.5 Å². The predicted molar refractivity (Wildman–Crippen MR) is 79.1 cm³/mol. The number of ether oxygens (including phenoxy) is 1. The summed E-state index contributed by atoms with van der Waals surface area (Å²) in [7, 11) is 1.53. The Morgan fingerprint density at radius 2 is 2.15 bits per heavy atom. The molecule has 6 nitrogen and oxygen atoms in total. The lowest BCUT2D eigenvalue weighted by atomic mass is 10.3. The van der Waals surface area contributed by atoms with Crippen molar-refractivity contribution in [2.24, 2.45) is 0 Å². The number of nitrogens with zero attached hydrogens (tertiary/aromatic N) is 2. The number of pyridine rings is 2. The first-order valence-electron chi connectivity index (χ1n) is 5.84. The van der Waals surface area contributed by atoms with E-state index in [9.17, 15) is 4.79 Å². The zero-order valence-corrected chi connectivity index (χ0v) is 12.6. The fourth-order valence-electron chi connectivity index (χ4n) is 1.44. The number of anilines is 1. The van der Waals surface area contributed by atoms with Gasteiger partial charge in [-0.15, -0.1) is 0 Å². The topological polar surface area (TPSA) is 76.1 Å². The third-order valence-electron chi connectivity index (χ3n) is 2.47. The molecule has 2 amide bonds. The molecule has 0 saturated carbocycles. The van der Waals surface area contributed by atoms with Gasteiger partial charge in [-0.3, -0.25) is 10.3 Å². The van der Waals surface area contributed by atoms with Crippen LogP contribution < -0.4 is 15.4 Å². The Balaban J connectivity index is 2.25. The van der Waals surface area contributed by atoms with Gasteiger partial charge in [0, 0.05) is 25.5 Å². The third-order valence-corrected chi connectivity index (χ3v) is 3.06. The van der Waals surface area contributed by atoms with Crippen LogP contribution in [0.15, 0.2) is 35.1 Å². The highest BCUT2D eigenvalue weighted by Gasteiger charge is 2.09. The number of amides is 2. The van der Waals surface area contributed by atoms with Crippen molar-refractivity contribution >= 4 is 27.8 Å². The molecular formula is C13H13BrN4O2. The first-order valence-corrected chi connectivity index (χ1v) is 6.63. The highest BCUT2D eigenvalue weighted by atomic mass is 79.9. The molecule has 20 heavy (non-hydrogen) atoms. The quantitative estimate of drug-likeness (QED) is 0.902. The maximum atomic E-state index is 11.3. The maximum absolute atomic E-state index is 11.3. The van der Waals surface area contributed by atoms with E-state index in [1.807, 2.05) is 13.0 Å². The van der Waals surface area contributed by atoms with Crippen molar-refractivity contribution in [3.63, 3.8) is 0 Å². The van der Waals surface area contributed by atoms with Crippen LogP contribution in [0.3, 0.4) is 0 Å². The normalized spacial score (nSPS) is 9.95. The van der Waals surface area contributed by atoms with Gasteiger partial charge >= 0.3 is 6.03 Å². The van der Waals surface area contributed by atoms with E-state index in [0.717, 1.165) is 5.69 Å². The molecular weight excluding hydrogens is 324 g/mol. The first kappa shape index (κ1) is 14.3. The minimum atomic E-state index is -0.344. The maximum Gasteiger partial charge on any atom is 0.320 e. The average molecular weight is 337 g/mol. The number of nitrogens with one attached hydrogen (secondary N) is 2. The number of hydrogen-bond acceptors (Lipinski definition) is 4. The molecule has 2 aromatic rings. The first-order chi connectivity index (χ1) is 9.60. The predicted octanol–water partition coefficient (Wildman–Crippen LogP) is 3.09. The Morgan fingerprint density at radius 1 is 1.35 bits per heavy atom. The van der Waals surface area contributed by atoms with Gasteiger partial charge in [0.2, 0.25) is 0 Å². The molecule has 2 N–H and O–H groups in total. The lowest BCUT2D eigenvalue weighted by Crippen LogP contribution is -2.24. The fourth-order valence-corrected chi connectivity index (χ4v) is 1.74. The summed E-state index contributed by atoms with van der Waals surface area (Å²) in [6, 6.07) is 4.90. The standard InChI is InChI=1S/C13H13BrN4O2/c1-8-10(4-3-5-16-8)20-11-6-12(17-7-9(11)14)18-13(19)15-2/h3-7H,1-2H3,(H2,15,17,18,19). The molecule has 2 rings (SSSR count). The molecule has 0 aliphatic heterocycles. The molecule has 104 valence electrons. The molecule has 0 atom stereocenters. The molecule has 0 aliphatic carbocycles. The van der Waals surface area contributed by atoms with Gasteiger partial charge in [0.25, 0.3) is 0 Å². The van der Waals surface area contributed by atoms with Gasteiger partial charge in [0.1, 0.15) is 17.3 Å². The third kappa shape index (κ3) is 3.45. The molecule has 7 heteroatoms. The van der Waals surface area contributed by atoms with E-state index in [2.05, 4.69) is 36.5 Å². The van der Waals surface area contributed by atoms with Gasteiger partial charge < -0.3 is 10.1 Å². The van der Waals surface area contributed by atoms with Gasteiger partial charge in [0.15, 0.2) is 0 Å². The molecule has 0 unspecified atom stereocenters. The zero-order chi connectivity index (χ0) is 14.5. The van der Waals surface area contributed by atoms with Crippen LogP contribution in [0.4, 0.5) is 10.6 Å².